The van der Waals surface area contributed by atoms with E-state index in [9.17, 15) is 0 Å². The average Bonchev–Trinajstić information content (AvgIpc) is 2.62. The molecule has 0 unspecified atom stereocenters. The van der Waals surface area contributed by atoms with Crippen molar-refractivity contribution in [2.24, 2.45) is 17.2 Å². The summed E-state index contributed by atoms with van der Waals surface area (Å²) >= 11 is 0. The van der Waals surface area contributed by atoms with Gasteiger partial charge in [0.2, 0.25) is 0 Å². The summed E-state index contributed by atoms with van der Waals surface area (Å²) in [7, 11) is 2.11. The summed E-state index contributed by atoms with van der Waals surface area (Å²) in [5.74, 6) is 0. The van der Waals surface area contributed by atoms with Crippen molar-refractivity contribution in [3.63, 3.8) is 0 Å². The molecule has 0 rings (SSSR count). The van der Waals surface area contributed by atoms with Gasteiger partial charge in [0.15, 0.2) is 0 Å². The number of nitrogens with one attached hydrogen (secondary N) is 2. The molecule has 0 aliphatic carbocycles. The number of rotatable bonds is 20. The summed E-state index contributed by atoms with van der Waals surface area (Å²) in [6, 6.07) is 0. The zero-order chi connectivity index (χ0) is 19.5. The van der Waals surface area contributed by atoms with E-state index in [1.807, 2.05) is 0 Å². The zero-order valence-corrected chi connectivity index (χ0v) is 17.4. The van der Waals surface area contributed by atoms with Crippen molar-refractivity contribution in [1.29, 1.82) is 0 Å². The molecule has 0 radical (unpaired) electrons. The van der Waals surface area contributed by atoms with Gasteiger partial charge in [-0.25, -0.2) is 0 Å². The lowest BCUT2D eigenvalue weighted by Gasteiger charge is -2.27. The first-order valence-corrected chi connectivity index (χ1v) is 10.3. The first-order valence-electron chi connectivity index (χ1n) is 10.3. The third kappa shape index (κ3) is 15.9. The van der Waals surface area contributed by atoms with E-state index in [-0.39, 0.29) is 0 Å². The van der Waals surface area contributed by atoms with Crippen LogP contribution in [-0.4, -0.2) is 120 Å². The Hall–Kier alpha value is -0.320. The summed E-state index contributed by atoms with van der Waals surface area (Å²) < 4.78 is 0. The molecule has 0 saturated carbocycles. The summed E-state index contributed by atoms with van der Waals surface area (Å²) in [6.45, 7) is 16.6. The maximum atomic E-state index is 5.74. The minimum atomic E-state index is 0.693. The molecule has 8 heteroatoms. The summed E-state index contributed by atoms with van der Waals surface area (Å²) in [4.78, 5) is 7.26. The van der Waals surface area contributed by atoms with Crippen molar-refractivity contribution in [3.8, 4) is 0 Å². The molecule has 8 N–H and O–H groups in total. The van der Waals surface area contributed by atoms with Gasteiger partial charge in [0, 0.05) is 91.6 Å². The molecule has 0 heterocycles. The number of hydrogen-bond acceptors (Lipinski definition) is 8. The zero-order valence-electron chi connectivity index (χ0n) is 17.4. The smallest absolute Gasteiger partial charge is 0.0110 e. The normalized spacial score (nSPS) is 12.0. The molecule has 0 aliphatic heterocycles. The van der Waals surface area contributed by atoms with Crippen LogP contribution in [0.1, 0.15) is 13.3 Å². The van der Waals surface area contributed by atoms with Crippen LogP contribution in [0, 0.1) is 0 Å². The first-order chi connectivity index (χ1) is 12.7. The van der Waals surface area contributed by atoms with Gasteiger partial charge in [-0.1, -0.05) is 6.92 Å². The van der Waals surface area contributed by atoms with E-state index in [0.29, 0.717) is 6.54 Å². The third-order valence-corrected chi connectivity index (χ3v) is 4.43. The molecule has 0 bridgehead atoms. The number of hydrogen-bond donors (Lipinski definition) is 5. The van der Waals surface area contributed by atoms with Gasteiger partial charge in [0.1, 0.15) is 0 Å². The van der Waals surface area contributed by atoms with Crippen LogP contribution in [0.2, 0.25) is 0 Å². The van der Waals surface area contributed by atoms with Crippen LogP contribution in [0.5, 0.6) is 0 Å². The molecule has 0 aliphatic rings. The Balaban J connectivity index is 4.11. The molecular formula is C18H46N8. The van der Waals surface area contributed by atoms with Gasteiger partial charge in [0.05, 0.1) is 0 Å². The molecule has 0 spiro atoms. The Morgan fingerprint density at radius 1 is 0.577 bits per heavy atom. The predicted molar refractivity (Wildman–Crippen MR) is 114 cm³/mol. The van der Waals surface area contributed by atoms with Gasteiger partial charge < -0.3 is 37.6 Å². The lowest BCUT2D eigenvalue weighted by molar-refractivity contribution is 0.206. The van der Waals surface area contributed by atoms with E-state index in [1.165, 1.54) is 6.42 Å². The summed E-state index contributed by atoms with van der Waals surface area (Å²) in [6.07, 6.45) is 1.18. The van der Waals surface area contributed by atoms with Crippen molar-refractivity contribution in [2.45, 2.75) is 13.3 Å². The van der Waals surface area contributed by atoms with Gasteiger partial charge in [-0.2, -0.15) is 0 Å². The second-order valence-corrected chi connectivity index (χ2v) is 6.85. The molecule has 0 aromatic heterocycles. The van der Waals surface area contributed by atoms with Crippen molar-refractivity contribution >= 4 is 0 Å². The minimum Gasteiger partial charge on any atom is -0.329 e. The number of nitrogens with two attached hydrogens (primary N) is 3. The van der Waals surface area contributed by atoms with E-state index in [4.69, 9.17) is 17.2 Å². The van der Waals surface area contributed by atoms with Crippen LogP contribution in [-0.2, 0) is 0 Å². The molecular weight excluding hydrogens is 328 g/mol. The first kappa shape index (κ1) is 25.7. The van der Waals surface area contributed by atoms with Crippen LogP contribution >= 0.6 is 0 Å². The molecule has 158 valence electrons. The van der Waals surface area contributed by atoms with Gasteiger partial charge >= 0.3 is 0 Å². The molecule has 8 nitrogen and oxygen atoms in total. The maximum Gasteiger partial charge on any atom is 0.0110 e. The van der Waals surface area contributed by atoms with Crippen molar-refractivity contribution in [3.05, 3.63) is 0 Å². The summed E-state index contributed by atoms with van der Waals surface area (Å²) in [5.41, 5.74) is 16.9. The molecule has 0 fully saturated rings. The molecule has 0 amide bonds. The fourth-order valence-electron chi connectivity index (χ4n) is 2.88. The molecule has 0 saturated heterocycles. The SMILES string of the molecule is CCCN(CCN)CCN(CCNCCN)CCNCCN(C)CCN. The highest BCUT2D eigenvalue weighted by Gasteiger charge is 2.08. The highest BCUT2D eigenvalue weighted by Crippen LogP contribution is 1.94. The van der Waals surface area contributed by atoms with Gasteiger partial charge in [-0.3, -0.25) is 4.90 Å². The molecule has 0 aromatic rings. The van der Waals surface area contributed by atoms with Crippen molar-refractivity contribution in [1.82, 2.24) is 25.3 Å². The lowest BCUT2D eigenvalue weighted by atomic mass is 10.3. The van der Waals surface area contributed by atoms with E-state index in [0.717, 1.165) is 91.6 Å². The van der Waals surface area contributed by atoms with Crippen molar-refractivity contribution < 1.29 is 0 Å². The molecule has 26 heavy (non-hydrogen) atoms. The van der Waals surface area contributed by atoms with E-state index in [2.05, 4.69) is 39.3 Å². The maximum absolute atomic E-state index is 5.74. The Labute approximate surface area is 161 Å². The monoisotopic (exact) mass is 374 g/mol. The van der Waals surface area contributed by atoms with Gasteiger partial charge in [0.25, 0.3) is 0 Å². The topological polar surface area (TPSA) is 112 Å². The van der Waals surface area contributed by atoms with E-state index in [1.54, 1.807) is 0 Å². The highest BCUT2D eigenvalue weighted by molar-refractivity contribution is 4.67. The van der Waals surface area contributed by atoms with Crippen molar-refractivity contribution in [2.75, 3.05) is 105 Å². The predicted octanol–water partition coefficient (Wildman–Crippen LogP) is -2.01. The minimum absolute atomic E-state index is 0.693. The Bertz CT molecular complexity index is 274. The van der Waals surface area contributed by atoms with Crippen LogP contribution in [0.4, 0.5) is 0 Å². The average molecular weight is 375 g/mol. The van der Waals surface area contributed by atoms with Crippen LogP contribution in [0.25, 0.3) is 0 Å². The Kier molecular flexibility index (Phi) is 19.2. The second-order valence-electron chi connectivity index (χ2n) is 6.85. The van der Waals surface area contributed by atoms with Crippen LogP contribution in [0.15, 0.2) is 0 Å². The third-order valence-electron chi connectivity index (χ3n) is 4.43. The fraction of sp³-hybridized carbons (Fsp3) is 1.00. The summed E-state index contributed by atoms with van der Waals surface area (Å²) in [5, 5.41) is 6.94. The van der Waals surface area contributed by atoms with Crippen LogP contribution in [0.3, 0.4) is 0 Å². The number of nitrogens with zero attached hydrogens (tertiary/aromatic N) is 3. The fourth-order valence-corrected chi connectivity index (χ4v) is 2.88. The highest BCUT2D eigenvalue weighted by atomic mass is 15.2. The number of likely N-dealkylation sites (N-methyl/N-ethyl adjacent to an activating group) is 1. The van der Waals surface area contributed by atoms with Crippen LogP contribution < -0.4 is 27.8 Å². The standard InChI is InChI=1S/C18H46N8/c1-3-11-25(13-6-21)17-18-26(15-9-22-7-4-19)16-10-23-8-14-24(2)12-5-20/h22-23H,3-21H2,1-2H3. The molecule has 0 atom stereocenters. The lowest BCUT2D eigenvalue weighted by Crippen LogP contribution is -2.43. The Morgan fingerprint density at radius 3 is 1.65 bits per heavy atom. The van der Waals surface area contributed by atoms with E-state index >= 15 is 0 Å². The van der Waals surface area contributed by atoms with E-state index < -0.39 is 0 Å². The van der Waals surface area contributed by atoms with Gasteiger partial charge in [-0.15, -0.1) is 0 Å². The molecule has 0 aromatic carbocycles. The quantitative estimate of drug-likeness (QED) is 0.155. The Morgan fingerprint density at radius 2 is 1.12 bits per heavy atom. The second kappa shape index (κ2) is 19.4. The van der Waals surface area contributed by atoms with Gasteiger partial charge in [-0.05, 0) is 20.0 Å². The largest absolute Gasteiger partial charge is 0.329 e.